The summed E-state index contributed by atoms with van der Waals surface area (Å²) in [4.78, 5) is 24.4. The molecule has 7 nitrogen and oxygen atoms in total. The number of hydrogen-bond donors (Lipinski definition) is 2. The lowest BCUT2D eigenvalue weighted by atomic mass is 9.52. The van der Waals surface area contributed by atoms with Crippen molar-refractivity contribution < 1.29 is 31.9 Å². The van der Waals surface area contributed by atoms with Gasteiger partial charge in [-0.1, -0.05) is 19.9 Å². The number of hydrogen-bond acceptors (Lipinski definition) is 4. The fourth-order valence-corrected chi connectivity index (χ4v) is 5.99. The summed E-state index contributed by atoms with van der Waals surface area (Å²) in [6.45, 7) is 2.32. The van der Waals surface area contributed by atoms with Crippen LogP contribution in [0, 0.1) is 23.2 Å². The lowest BCUT2D eigenvalue weighted by Crippen LogP contribution is -2.63. The molecule has 3 N–H and O–H groups in total. The van der Waals surface area contributed by atoms with Crippen LogP contribution < -0.4 is 11.1 Å². The molecular formula is C22H28F4N4O3. The van der Waals surface area contributed by atoms with E-state index in [1.165, 1.54) is 19.9 Å². The molecule has 1 aromatic heterocycles. The Morgan fingerprint density at radius 2 is 1.91 bits per heavy atom. The summed E-state index contributed by atoms with van der Waals surface area (Å²) in [6, 6.07) is -0.316. The Labute approximate surface area is 188 Å². The van der Waals surface area contributed by atoms with Crippen LogP contribution in [0.15, 0.2) is 12.3 Å². The highest BCUT2D eigenvalue weighted by molar-refractivity contribution is 5.95. The fourth-order valence-electron chi connectivity index (χ4n) is 5.99. The highest BCUT2D eigenvalue weighted by Gasteiger charge is 2.57. The van der Waals surface area contributed by atoms with Crippen molar-refractivity contribution in [2.24, 2.45) is 28.9 Å². The van der Waals surface area contributed by atoms with Crippen LogP contribution in [0.5, 0.6) is 0 Å². The van der Waals surface area contributed by atoms with Crippen LogP contribution in [-0.4, -0.2) is 40.1 Å². The van der Waals surface area contributed by atoms with Gasteiger partial charge in [0.05, 0.1) is 18.4 Å². The minimum atomic E-state index is -4.84. The molecule has 2 unspecified atom stereocenters. The predicted octanol–water partition coefficient (Wildman–Crippen LogP) is 4.14. The van der Waals surface area contributed by atoms with Crippen LogP contribution in [0.3, 0.4) is 0 Å². The quantitative estimate of drug-likeness (QED) is 0.608. The number of rotatable bonds is 6. The van der Waals surface area contributed by atoms with Gasteiger partial charge >= 0.3 is 12.3 Å². The predicted molar refractivity (Wildman–Crippen MR) is 111 cm³/mol. The van der Waals surface area contributed by atoms with E-state index < -0.39 is 47.1 Å². The molecule has 4 aliphatic rings. The number of allylic oxidation sites excluding steroid dienone is 1. The second-order valence-electron chi connectivity index (χ2n) is 10.4. The molecule has 0 spiro atoms. The van der Waals surface area contributed by atoms with Gasteiger partial charge in [0.1, 0.15) is 5.60 Å². The number of nitrogens with one attached hydrogen (secondary N) is 1. The highest BCUT2D eigenvalue weighted by atomic mass is 19.4. The Morgan fingerprint density at radius 1 is 1.27 bits per heavy atom. The maximum absolute atomic E-state index is 13.8. The maximum Gasteiger partial charge on any atom is 0.434 e. The summed E-state index contributed by atoms with van der Waals surface area (Å²) in [5.41, 5.74) is 1.85. The third-order valence-electron chi connectivity index (χ3n) is 7.15. The first-order chi connectivity index (χ1) is 15.3. The van der Waals surface area contributed by atoms with Crippen molar-refractivity contribution in [1.29, 1.82) is 0 Å². The van der Waals surface area contributed by atoms with Gasteiger partial charge in [-0.25, -0.2) is 9.48 Å². The van der Waals surface area contributed by atoms with E-state index in [4.69, 9.17) is 10.5 Å². The summed E-state index contributed by atoms with van der Waals surface area (Å²) >= 11 is 0. The first-order valence-electron chi connectivity index (χ1n) is 11.0. The number of amides is 2. The normalized spacial score (nSPS) is 31.2. The van der Waals surface area contributed by atoms with E-state index in [0.717, 1.165) is 31.7 Å². The number of aromatic nitrogens is 2. The second kappa shape index (κ2) is 8.02. The monoisotopic (exact) mass is 472 g/mol. The zero-order valence-corrected chi connectivity index (χ0v) is 18.5. The molecule has 0 saturated heterocycles. The number of primary amides is 1. The van der Waals surface area contributed by atoms with Gasteiger partial charge in [-0.2, -0.15) is 18.3 Å². The molecule has 5 rings (SSSR count). The van der Waals surface area contributed by atoms with E-state index in [0.29, 0.717) is 23.4 Å². The smallest absolute Gasteiger partial charge is 0.434 e. The van der Waals surface area contributed by atoms with E-state index in [1.807, 2.05) is 0 Å². The minimum Gasteiger partial charge on any atom is -0.443 e. The Bertz CT molecular complexity index is 955. The van der Waals surface area contributed by atoms with Gasteiger partial charge in [0, 0.05) is 17.7 Å². The number of nitrogens with two attached hydrogens (primary N) is 1. The Hall–Kier alpha value is -2.59. The second-order valence-corrected chi connectivity index (χ2v) is 10.4. The molecular weight excluding hydrogens is 444 g/mol. The number of halogens is 4. The first kappa shape index (κ1) is 23.6. The summed E-state index contributed by atoms with van der Waals surface area (Å²) in [7, 11) is 0. The zero-order valence-electron chi connectivity index (χ0n) is 18.5. The van der Waals surface area contributed by atoms with Gasteiger partial charge in [0.25, 0.3) is 5.91 Å². The molecule has 0 aromatic carbocycles. The molecule has 4 saturated carbocycles. The van der Waals surface area contributed by atoms with Crippen LogP contribution in [0.4, 0.5) is 22.4 Å². The van der Waals surface area contributed by atoms with Crippen molar-refractivity contribution in [3.63, 3.8) is 0 Å². The van der Waals surface area contributed by atoms with Gasteiger partial charge in [0.15, 0.2) is 5.69 Å². The van der Waals surface area contributed by atoms with E-state index in [2.05, 4.69) is 10.4 Å². The molecule has 4 fully saturated rings. The molecule has 0 aliphatic heterocycles. The molecule has 1 aromatic rings. The zero-order chi connectivity index (χ0) is 24.2. The summed E-state index contributed by atoms with van der Waals surface area (Å²) in [5.74, 6) is -0.523. The number of carbonyl (C=O) groups excluding carboxylic acids is 2. The number of carbonyl (C=O) groups is 2. The molecule has 182 valence electrons. The Kier molecular flexibility index (Phi) is 5.73. The van der Waals surface area contributed by atoms with Gasteiger partial charge in [-0.05, 0) is 49.9 Å². The van der Waals surface area contributed by atoms with Crippen LogP contribution in [0.1, 0.15) is 62.0 Å². The average molecular weight is 472 g/mol. The largest absolute Gasteiger partial charge is 0.443 e. The maximum atomic E-state index is 13.8. The molecule has 2 amide bonds. The van der Waals surface area contributed by atoms with Crippen LogP contribution in [-0.2, 0) is 10.9 Å². The molecule has 0 radical (unpaired) electrons. The van der Waals surface area contributed by atoms with Gasteiger partial charge in [0.2, 0.25) is 0 Å². The van der Waals surface area contributed by atoms with Crippen molar-refractivity contribution in [3.05, 3.63) is 23.5 Å². The third-order valence-corrected chi connectivity index (χ3v) is 7.15. The number of nitrogens with zero attached hydrogens (tertiary/aromatic N) is 2. The van der Waals surface area contributed by atoms with Crippen LogP contribution >= 0.6 is 0 Å². The van der Waals surface area contributed by atoms with Gasteiger partial charge < -0.3 is 15.8 Å². The average Bonchev–Trinajstić information content (AvgIpc) is 3.12. The summed E-state index contributed by atoms with van der Waals surface area (Å²) < 4.78 is 60.6. The molecule has 2 atom stereocenters. The molecule has 33 heavy (non-hydrogen) atoms. The lowest BCUT2D eigenvalue weighted by molar-refractivity contribution is -0.143. The van der Waals surface area contributed by atoms with E-state index in [-0.39, 0.29) is 17.9 Å². The van der Waals surface area contributed by atoms with Gasteiger partial charge in [-0.3, -0.25) is 9.18 Å². The number of ether oxygens (including phenoxy) is 1. The fraction of sp³-hybridized carbons (Fsp3) is 0.682. The Morgan fingerprint density at radius 3 is 2.45 bits per heavy atom. The standard InChI is InChI=1S/C22H28F4N4O3/c1-20(2,11-23)3-4-30-17(22(24,25)26)15(10-28-30)18(31)29-16-13-5-12-6-14(16)9-21(7-12,8-13)33-19(27)32/h3-4,10,12-14,16H,5-9,11H2,1-2H3,(H2,27,32)(H,29,31). The minimum absolute atomic E-state index is 0.00539. The van der Waals surface area contributed by atoms with Crippen molar-refractivity contribution >= 4 is 18.2 Å². The molecule has 4 aliphatic carbocycles. The number of alkyl halides is 4. The van der Waals surface area contributed by atoms with Crippen LogP contribution in [0.25, 0.3) is 6.20 Å². The highest BCUT2D eigenvalue weighted by Crippen LogP contribution is 2.57. The molecule has 1 heterocycles. The summed E-state index contributed by atoms with van der Waals surface area (Å²) in [5, 5.41) is 6.53. The van der Waals surface area contributed by atoms with Crippen molar-refractivity contribution in [1.82, 2.24) is 15.1 Å². The van der Waals surface area contributed by atoms with E-state index >= 15 is 0 Å². The van der Waals surface area contributed by atoms with Gasteiger partial charge in [-0.15, -0.1) is 0 Å². The van der Waals surface area contributed by atoms with E-state index in [9.17, 15) is 27.2 Å². The lowest BCUT2D eigenvalue weighted by Gasteiger charge is -2.58. The SMILES string of the molecule is CC(C)(C=Cn1ncc(C(=O)NC2C3CC4CC2CC(OC(N)=O)(C4)C3)c1C(F)(F)F)CF. The first-order valence-corrected chi connectivity index (χ1v) is 11.0. The third kappa shape index (κ3) is 4.59. The molecule has 4 bridgehead atoms. The Balaban J connectivity index is 1.56. The summed E-state index contributed by atoms with van der Waals surface area (Å²) in [6.07, 6.45) is 0.964. The topological polar surface area (TPSA) is 99.2 Å². The molecule has 11 heteroatoms. The van der Waals surface area contributed by atoms with Crippen LogP contribution in [0.2, 0.25) is 0 Å². The van der Waals surface area contributed by atoms with E-state index in [1.54, 1.807) is 0 Å². The van der Waals surface area contributed by atoms with Crippen molar-refractivity contribution in [2.45, 2.75) is 63.8 Å². The van der Waals surface area contributed by atoms with Crippen molar-refractivity contribution in [2.75, 3.05) is 6.67 Å². The van der Waals surface area contributed by atoms with Crippen molar-refractivity contribution in [3.8, 4) is 0 Å².